The summed E-state index contributed by atoms with van der Waals surface area (Å²) >= 11 is 0. The summed E-state index contributed by atoms with van der Waals surface area (Å²) in [5.74, 6) is 0.688. The molecule has 0 N–H and O–H groups in total. The Morgan fingerprint density at radius 1 is 1.22 bits per heavy atom. The van der Waals surface area contributed by atoms with E-state index in [0.717, 1.165) is 16.8 Å². The molecule has 1 saturated heterocycles. The number of amides is 1. The third kappa shape index (κ3) is 2.46. The van der Waals surface area contributed by atoms with Gasteiger partial charge in [0.1, 0.15) is 11.3 Å². The van der Waals surface area contributed by atoms with Gasteiger partial charge in [-0.3, -0.25) is 9.48 Å². The summed E-state index contributed by atoms with van der Waals surface area (Å²) < 4.78 is 7.79. The number of benzene rings is 1. The molecule has 0 radical (unpaired) electrons. The summed E-state index contributed by atoms with van der Waals surface area (Å²) in [4.78, 5) is 23.8. The van der Waals surface area contributed by atoms with Gasteiger partial charge in [-0.2, -0.15) is 5.10 Å². The molecule has 0 aliphatic carbocycles. The molecule has 136 valence electrons. The highest BCUT2D eigenvalue weighted by Gasteiger charge is 2.53. The van der Waals surface area contributed by atoms with Gasteiger partial charge in [-0.25, -0.2) is 9.97 Å². The van der Waals surface area contributed by atoms with Gasteiger partial charge in [0.05, 0.1) is 25.4 Å². The van der Waals surface area contributed by atoms with E-state index in [1.165, 1.54) is 0 Å². The van der Waals surface area contributed by atoms with E-state index in [0.29, 0.717) is 37.8 Å². The van der Waals surface area contributed by atoms with E-state index in [1.54, 1.807) is 21.8 Å². The molecule has 3 aromatic rings. The maximum absolute atomic E-state index is 12.7. The van der Waals surface area contributed by atoms with E-state index < -0.39 is 5.60 Å². The van der Waals surface area contributed by atoms with Crippen molar-refractivity contribution in [2.24, 2.45) is 0 Å². The lowest BCUT2D eigenvalue weighted by atomic mass is 9.87. The van der Waals surface area contributed by atoms with E-state index in [9.17, 15) is 4.79 Å². The van der Waals surface area contributed by atoms with Crippen LogP contribution in [0.1, 0.15) is 28.7 Å². The summed E-state index contributed by atoms with van der Waals surface area (Å²) in [6.45, 7) is 4.12. The normalized spacial score (nSPS) is 17.0. The number of fused-ring (bicyclic) bond motifs is 2. The zero-order valence-electron chi connectivity index (χ0n) is 15.0. The van der Waals surface area contributed by atoms with Crippen LogP contribution in [0, 0.1) is 0 Å². The number of rotatable bonds is 3. The number of hydrogen-bond acceptors (Lipinski definition) is 5. The molecule has 7 nitrogen and oxygen atoms in total. The minimum Gasteiger partial charge on any atom is -0.360 e. The summed E-state index contributed by atoms with van der Waals surface area (Å²) in [6.07, 6.45) is 3.52. The van der Waals surface area contributed by atoms with Gasteiger partial charge >= 0.3 is 0 Å². The molecule has 2 aromatic heterocycles. The molecular formula is C20H19N5O2. The van der Waals surface area contributed by atoms with Crippen LogP contribution in [0.3, 0.4) is 0 Å². The number of aryl methyl sites for hydroxylation is 1. The highest BCUT2D eigenvalue weighted by molar-refractivity contribution is 5.93. The van der Waals surface area contributed by atoms with Crippen molar-refractivity contribution < 1.29 is 9.53 Å². The van der Waals surface area contributed by atoms with Crippen LogP contribution in [0.25, 0.3) is 11.4 Å². The zero-order chi connectivity index (χ0) is 18.4. The van der Waals surface area contributed by atoms with E-state index in [-0.39, 0.29) is 5.91 Å². The highest BCUT2D eigenvalue weighted by atomic mass is 16.5. The lowest BCUT2D eigenvalue weighted by Crippen LogP contribution is -2.61. The van der Waals surface area contributed by atoms with Gasteiger partial charge in [-0.1, -0.05) is 30.3 Å². The second kappa shape index (κ2) is 5.99. The molecule has 1 amide bonds. The molecule has 0 atom stereocenters. The van der Waals surface area contributed by atoms with Crippen LogP contribution in [-0.2, 0) is 23.5 Å². The molecule has 2 aliphatic heterocycles. The maximum atomic E-state index is 12.7. The average molecular weight is 361 g/mol. The van der Waals surface area contributed by atoms with E-state index in [4.69, 9.17) is 9.72 Å². The Labute approximate surface area is 156 Å². The van der Waals surface area contributed by atoms with Crippen LogP contribution < -0.4 is 0 Å². The minimum atomic E-state index is -0.475. The van der Waals surface area contributed by atoms with E-state index in [1.807, 2.05) is 43.5 Å². The smallest absolute Gasteiger partial charge is 0.272 e. The topological polar surface area (TPSA) is 73.1 Å². The molecule has 2 aliphatic rings. The van der Waals surface area contributed by atoms with Gasteiger partial charge in [0.15, 0.2) is 5.82 Å². The first-order valence-corrected chi connectivity index (χ1v) is 9.07. The standard InChI is InChI=1S/C20H19N5O2/c1-2-25-17(8-9-22-25)19(26)24-12-20(13-24)15-10-21-18(23-16(15)11-27-20)14-6-4-3-5-7-14/h3-10H,2,11-13H2,1H3. The number of nitrogens with zero attached hydrogens (tertiary/aromatic N) is 5. The molecular weight excluding hydrogens is 342 g/mol. The Morgan fingerprint density at radius 2 is 2.04 bits per heavy atom. The molecule has 27 heavy (non-hydrogen) atoms. The van der Waals surface area contributed by atoms with Crippen LogP contribution in [0.2, 0.25) is 0 Å². The zero-order valence-corrected chi connectivity index (χ0v) is 15.0. The van der Waals surface area contributed by atoms with Crippen LogP contribution in [0.15, 0.2) is 48.8 Å². The summed E-state index contributed by atoms with van der Waals surface area (Å²) in [5.41, 5.74) is 3.03. The lowest BCUT2D eigenvalue weighted by molar-refractivity contribution is -0.127. The Kier molecular flexibility index (Phi) is 3.58. The molecule has 0 saturated carbocycles. The average Bonchev–Trinajstić information content (AvgIpc) is 3.31. The Bertz CT molecular complexity index is 1010. The van der Waals surface area contributed by atoms with Crippen molar-refractivity contribution in [1.82, 2.24) is 24.6 Å². The van der Waals surface area contributed by atoms with Gasteiger partial charge in [0.2, 0.25) is 0 Å². The fourth-order valence-corrected chi connectivity index (χ4v) is 3.82. The summed E-state index contributed by atoms with van der Waals surface area (Å²) in [5, 5.41) is 4.18. The van der Waals surface area contributed by atoms with Crippen molar-refractivity contribution in [3.63, 3.8) is 0 Å². The predicted octanol–water partition coefficient (Wildman–Crippen LogP) is 2.24. The van der Waals surface area contributed by atoms with Gasteiger partial charge in [0, 0.05) is 30.1 Å². The van der Waals surface area contributed by atoms with Crippen LogP contribution in [-0.4, -0.2) is 43.6 Å². The van der Waals surface area contributed by atoms with Crippen molar-refractivity contribution >= 4 is 5.91 Å². The molecule has 5 rings (SSSR count). The molecule has 4 heterocycles. The largest absolute Gasteiger partial charge is 0.360 e. The number of carbonyl (C=O) groups excluding carboxylic acids is 1. The van der Waals surface area contributed by atoms with Gasteiger partial charge in [-0.05, 0) is 13.0 Å². The molecule has 1 aromatic carbocycles. The fraction of sp³-hybridized carbons (Fsp3) is 0.300. The number of likely N-dealkylation sites (tertiary alicyclic amines) is 1. The van der Waals surface area contributed by atoms with Crippen molar-refractivity contribution in [2.45, 2.75) is 25.7 Å². The number of ether oxygens (including phenoxy) is 1. The van der Waals surface area contributed by atoms with Gasteiger partial charge < -0.3 is 9.64 Å². The maximum Gasteiger partial charge on any atom is 0.272 e. The van der Waals surface area contributed by atoms with E-state index in [2.05, 4.69) is 10.1 Å². The van der Waals surface area contributed by atoms with Crippen molar-refractivity contribution in [3.05, 3.63) is 65.7 Å². The summed E-state index contributed by atoms with van der Waals surface area (Å²) in [7, 11) is 0. The summed E-state index contributed by atoms with van der Waals surface area (Å²) in [6, 6.07) is 11.7. The Morgan fingerprint density at radius 3 is 2.81 bits per heavy atom. The monoisotopic (exact) mass is 361 g/mol. The second-order valence-electron chi connectivity index (χ2n) is 6.90. The van der Waals surface area contributed by atoms with Crippen LogP contribution in [0.4, 0.5) is 0 Å². The first-order valence-electron chi connectivity index (χ1n) is 9.07. The Balaban J connectivity index is 1.37. The van der Waals surface area contributed by atoms with E-state index >= 15 is 0 Å². The molecule has 1 spiro atoms. The minimum absolute atomic E-state index is 0.0150. The first kappa shape index (κ1) is 16.1. The first-order chi connectivity index (χ1) is 13.2. The number of aromatic nitrogens is 4. The fourth-order valence-electron chi connectivity index (χ4n) is 3.82. The quantitative estimate of drug-likeness (QED) is 0.715. The SMILES string of the molecule is CCn1nccc1C(=O)N1CC2(C1)OCc1nc(-c3ccccc3)ncc12. The highest BCUT2D eigenvalue weighted by Crippen LogP contribution is 2.43. The van der Waals surface area contributed by atoms with Crippen molar-refractivity contribution in [1.29, 1.82) is 0 Å². The lowest BCUT2D eigenvalue weighted by Gasteiger charge is -2.47. The molecule has 1 fully saturated rings. The van der Waals surface area contributed by atoms with Crippen LogP contribution in [0.5, 0.6) is 0 Å². The van der Waals surface area contributed by atoms with Crippen molar-refractivity contribution in [3.8, 4) is 11.4 Å². The molecule has 7 heteroatoms. The Hall–Kier alpha value is -3.06. The van der Waals surface area contributed by atoms with Crippen LogP contribution >= 0.6 is 0 Å². The third-order valence-corrected chi connectivity index (χ3v) is 5.29. The van der Waals surface area contributed by atoms with Gasteiger partial charge in [-0.15, -0.1) is 0 Å². The van der Waals surface area contributed by atoms with Crippen molar-refractivity contribution in [2.75, 3.05) is 13.1 Å². The molecule has 0 unspecified atom stereocenters. The third-order valence-electron chi connectivity index (χ3n) is 5.29. The van der Waals surface area contributed by atoms with Gasteiger partial charge in [0.25, 0.3) is 5.91 Å². The number of hydrogen-bond donors (Lipinski definition) is 0. The predicted molar refractivity (Wildman–Crippen MR) is 97.7 cm³/mol. The second-order valence-corrected chi connectivity index (χ2v) is 6.90. The number of carbonyl (C=O) groups is 1. The molecule has 0 bridgehead atoms.